The molecule has 18 nitrogen and oxygen atoms in total. The lowest BCUT2D eigenvalue weighted by Crippen LogP contribution is -2.66. The first kappa shape index (κ1) is 89.4. The van der Waals surface area contributed by atoms with Crippen LogP contribution in [0.2, 0.25) is 0 Å². The maximum Gasteiger partial charge on any atom is 0.246 e. The van der Waals surface area contributed by atoms with Gasteiger partial charge in [-0.15, -0.1) is 10.2 Å². The number of nitrogens with one attached hydrogen (secondary N) is 1. The van der Waals surface area contributed by atoms with E-state index < -0.39 is 43.3 Å². The van der Waals surface area contributed by atoms with E-state index in [0.717, 1.165) is 145 Å². The standard InChI is InChI=1S/C35H48N2O5.C34H45N3O4.C31H40ClNO3.CH4/c1-30(2)12-14-35(26(39)19-37-27(40)20-42-9)15-13-34(7)28(21(35)17-30)23(38)16-25-32(5)18-22(36-8)29(41)31(3,4)24(32)10-11-33(25,34)6;1-29(2)12-14-34(28-37-36-25(41-28)19-40-9)15-13-33(7)26(20(34)17-29)22(38)16-24-31(5)18-21(35-8)27(39)30(3,4)23(31)10-11-32(24,33)6;1-26(2)11-13-31(25(32)36)14-12-30(7)23(18(31)16-26)20(34)15-22-28(5)17-19(33-8)24(35)27(3,4)21(28)9-10-29(22,30)6;/h16,18,21,24,28H,10-15,17,19-20H2,1-7,9H3,(H,37,40);16,18,20,23,26H,10-15,17,19H2,1-7,9H3;15,17-18,21,23H,9-14,16H2,1-7H3;1H4/t21-,24-,28-,32-,33+,34+,35-;20-,23-,26-,31-,32+,33+,34-;18-,21-,23-,28-,29+,30+,31-;/m000./s1/i;;;1T. The molecule has 15 aliphatic carbocycles. The van der Waals surface area contributed by atoms with Crippen molar-refractivity contribution >= 4 is 63.2 Å². The van der Waals surface area contributed by atoms with E-state index in [0.29, 0.717) is 18.2 Å². The number of carbonyl (C=O) groups is 9. The number of methoxy groups -OCH3 is 2. The van der Waals surface area contributed by atoms with Gasteiger partial charge in [0.25, 0.3) is 0 Å². The van der Waals surface area contributed by atoms with Crippen molar-refractivity contribution in [2.45, 2.75) is 300 Å². The van der Waals surface area contributed by atoms with Gasteiger partial charge in [-0.25, -0.2) is 14.5 Å². The molecule has 9 fully saturated rings. The van der Waals surface area contributed by atoms with E-state index in [1.807, 2.05) is 78.0 Å². The Bertz CT molecular complexity index is 4930. The molecule has 19 heteroatoms. The third kappa shape index (κ3) is 12.5. The second kappa shape index (κ2) is 29.1. The zero-order valence-electron chi connectivity index (χ0n) is 77.6. The molecular weight excluding hydrogens is 1520 g/mol. The Morgan fingerprint density at radius 2 is 0.808 bits per heavy atom. The average Bonchev–Trinajstić information content (AvgIpc) is 0.911. The van der Waals surface area contributed by atoms with Gasteiger partial charge in [0.2, 0.25) is 40.0 Å². The topological polar surface area (TPSA) is 236 Å². The summed E-state index contributed by atoms with van der Waals surface area (Å²) in [5.74, 6) is 0.334. The number of ketones is 7. The lowest BCUT2D eigenvalue weighted by molar-refractivity contribution is -0.177. The van der Waals surface area contributed by atoms with Crippen molar-refractivity contribution < 1.29 is 58.4 Å². The van der Waals surface area contributed by atoms with E-state index in [4.69, 9.17) is 46.6 Å². The molecular formula is C101H137ClN6O12. The fourth-order valence-corrected chi connectivity index (χ4v) is 31.5. The number of hydrogen-bond donors (Lipinski definition) is 1. The van der Waals surface area contributed by atoms with Crippen LogP contribution in [0.3, 0.4) is 0 Å². The molecule has 0 saturated heterocycles. The average molecular weight is 1660 g/mol. The molecule has 1 heterocycles. The summed E-state index contributed by atoms with van der Waals surface area (Å²) in [4.78, 5) is 134. The molecule has 9 saturated carbocycles. The minimum absolute atomic E-state index is 0.00182. The van der Waals surface area contributed by atoms with Crippen molar-refractivity contribution in [2.24, 2.45) is 145 Å². The van der Waals surface area contributed by atoms with Crippen LogP contribution in [0, 0.1) is 165 Å². The van der Waals surface area contributed by atoms with Crippen LogP contribution in [0.4, 0.5) is 0 Å². The van der Waals surface area contributed by atoms with Gasteiger partial charge < -0.3 is 33.6 Å². The van der Waals surface area contributed by atoms with Crippen LogP contribution in [0.15, 0.2) is 74.7 Å². The molecule has 650 valence electrons. The monoisotopic (exact) mass is 1660 g/mol. The van der Waals surface area contributed by atoms with E-state index in [1.165, 1.54) is 14.5 Å². The highest BCUT2D eigenvalue weighted by Crippen LogP contribution is 2.80. The Balaban J connectivity index is 0.000000155. The summed E-state index contributed by atoms with van der Waals surface area (Å²) in [6, 6.07) is 0. The first-order valence-electron chi connectivity index (χ1n) is 45.6. The molecule has 15 aliphatic rings. The van der Waals surface area contributed by atoms with Crippen LogP contribution in [0.25, 0.3) is 14.5 Å². The van der Waals surface area contributed by atoms with Gasteiger partial charge in [0.1, 0.15) is 13.2 Å². The van der Waals surface area contributed by atoms with E-state index >= 15 is 0 Å². The first-order chi connectivity index (χ1) is 56.0. The maximum atomic E-state index is 14.7. The summed E-state index contributed by atoms with van der Waals surface area (Å²) in [6.45, 7) is 69.3. The van der Waals surface area contributed by atoms with Gasteiger partial charge in [0.05, 0.1) is 31.7 Å². The number of nitrogens with zero attached hydrogens (tertiary/aromatic N) is 5. The minimum atomic E-state index is -0.693. The zero-order chi connectivity index (χ0) is 89.6. The van der Waals surface area contributed by atoms with E-state index in [-0.39, 0.29) is 196 Å². The highest BCUT2D eigenvalue weighted by Gasteiger charge is 2.76. The quantitative estimate of drug-likeness (QED) is 0.179. The van der Waals surface area contributed by atoms with Crippen molar-refractivity contribution in [3.8, 4) is 0 Å². The first-order valence-corrected chi connectivity index (χ1v) is 45.0. The molecule has 120 heavy (non-hydrogen) atoms. The summed E-state index contributed by atoms with van der Waals surface area (Å²) in [5, 5.41) is 11.4. The zero-order valence-corrected chi connectivity index (χ0v) is 77.4. The largest absolute Gasteiger partial charge is 0.422 e. The van der Waals surface area contributed by atoms with Crippen molar-refractivity contribution in [2.75, 3.05) is 27.4 Å². The van der Waals surface area contributed by atoms with Crippen LogP contribution in [-0.2, 0) is 64.6 Å². The fraction of sp³-hybridized carbons (Fsp3) is 0.743. The van der Waals surface area contributed by atoms with Crippen molar-refractivity contribution in [1.29, 1.82) is 0 Å². The number of allylic oxidation sites excluding steroid dienone is 12. The SMILES string of the molecule is [3H]C.[C-]#[N+]C1=C[C@]2(C)C3=CC(=O)[C@@H]4[C@@H]5CC(C)(C)CC[C@]5(C(=O)CNC(=O)COC)CC[C@@]4(C)[C@]3(C)CC[C@H]2C(C)(C)C1=O.[C-]#[N+]C1=C[C@]2(C)C3=CC(=O)[C@@H]4[C@@H]5CC(C)(C)CC[C@]5(C(=O)Cl)CC[C@@]4(C)[C@]3(C)CC[C@H]2C(C)(C)C1=O.[C-]#[N+]C1=C[C@]2(C)C3=CC(=O)[C@@H]4[C@@H]5CC(C)(C)CC[C@]5(c5nnc(COC)o5)CC[C@@]4(C)[C@]3(C)CC[C@H]2C(C)(C)C1=O. The Labute approximate surface area is 721 Å². The van der Waals surface area contributed by atoms with Gasteiger partial charge in [-0.05, 0) is 249 Å². The number of halogens is 1. The van der Waals surface area contributed by atoms with Crippen molar-refractivity contribution in [3.63, 3.8) is 0 Å². The highest BCUT2D eigenvalue weighted by atomic mass is 35.5. The second-order valence-electron chi connectivity index (χ2n) is 46.5. The van der Waals surface area contributed by atoms with Crippen LogP contribution in [0.1, 0.15) is 301 Å². The smallest absolute Gasteiger partial charge is 0.246 e. The number of rotatable bonds is 9. The lowest BCUT2D eigenvalue weighted by Gasteiger charge is -2.69. The Morgan fingerprint density at radius 1 is 0.475 bits per heavy atom. The van der Waals surface area contributed by atoms with Gasteiger partial charge in [-0.3, -0.25) is 28.8 Å². The summed E-state index contributed by atoms with van der Waals surface area (Å²) in [7, 11) is 4.33. The predicted molar refractivity (Wildman–Crippen MR) is 461 cm³/mol. The second-order valence-corrected chi connectivity index (χ2v) is 46.8. The predicted octanol–water partition coefficient (Wildman–Crippen LogP) is 20.9. The number of aromatic nitrogens is 2. The molecule has 21 atom stereocenters. The van der Waals surface area contributed by atoms with E-state index in [9.17, 15) is 43.2 Å². The Kier molecular flexibility index (Phi) is 21.7. The third-order valence-corrected chi connectivity index (χ3v) is 38.7. The molecule has 1 amide bonds. The number of Topliss-reactive ketones (excluding diaryl/α,β-unsaturated/α-hetero) is 4. The molecule has 1 aromatic rings. The molecule has 16 rings (SSSR count). The van der Waals surface area contributed by atoms with Crippen LogP contribution >= 0.6 is 11.6 Å². The van der Waals surface area contributed by atoms with Gasteiger partial charge in [-0.1, -0.05) is 188 Å². The molecule has 0 bridgehead atoms. The maximum absolute atomic E-state index is 14.7. The summed E-state index contributed by atoms with van der Waals surface area (Å²) in [5.41, 5.74) is -2.91. The molecule has 0 radical (unpaired) electrons. The minimum Gasteiger partial charge on any atom is -0.422 e. The number of carbonyl (C=O) groups excluding carboxylic acids is 9. The number of amides is 1. The summed E-state index contributed by atoms with van der Waals surface area (Å²) in [6.07, 6.45) is 29.3. The summed E-state index contributed by atoms with van der Waals surface area (Å²) < 4.78 is 22.2. The number of fused-ring (bicyclic) bond motifs is 21. The molecule has 0 unspecified atom stereocenters. The lowest BCUT2D eigenvalue weighted by atomic mass is 9.34. The molecule has 0 aromatic carbocycles. The Hall–Kier alpha value is -6.91. The van der Waals surface area contributed by atoms with Gasteiger partial charge in [0.15, 0.2) is 40.5 Å². The van der Waals surface area contributed by atoms with Crippen LogP contribution in [-0.4, -0.2) is 89.2 Å². The number of hydrogen-bond acceptors (Lipinski definition) is 14. The molecule has 1 N–H and O–H groups in total. The van der Waals surface area contributed by atoms with Gasteiger partial charge in [-0.2, -0.15) is 0 Å². The normalized spacial score (nSPS) is 43.1. The third-order valence-electron chi connectivity index (χ3n) is 38.4. The molecule has 0 aliphatic heterocycles. The van der Waals surface area contributed by atoms with E-state index in [1.54, 1.807) is 7.11 Å². The molecule has 1 aromatic heterocycles. The Morgan fingerprint density at radius 3 is 1.18 bits per heavy atom. The van der Waals surface area contributed by atoms with E-state index in [2.05, 4.69) is 134 Å². The summed E-state index contributed by atoms with van der Waals surface area (Å²) >= 11 is 6.37. The molecule has 0 spiro atoms. The van der Waals surface area contributed by atoms with Gasteiger partial charge in [0, 0.05) is 76.7 Å². The fourth-order valence-electron chi connectivity index (χ4n) is 31.2. The number of ether oxygens (including phenoxy) is 2. The van der Waals surface area contributed by atoms with Crippen LogP contribution < -0.4 is 5.32 Å². The van der Waals surface area contributed by atoms with Crippen molar-refractivity contribution in [1.82, 2.24) is 15.5 Å². The van der Waals surface area contributed by atoms with Crippen molar-refractivity contribution in [3.05, 3.63) is 116 Å². The van der Waals surface area contributed by atoms with Crippen LogP contribution in [0.5, 0.6) is 0 Å². The highest BCUT2D eigenvalue weighted by molar-refractivity contribution is 6.64. The van der Waals surface area contributed by atoms with Gasteiger partial charge >= 0.3 is 0 Å².